The Labute approximate surface area is 107 Å². The van der Waals surface area contributed by atoms with Crippen molar-refractivity contribution in [1.82, 2.24) is 10.6 Å². The lowest BCUT2D eigenvalue weighted by Crippen LogP contribution is -2.20. The van der Waals surface area contributed by atoms with Gasteiger partial charge in [-0.2, -0.15) is 0 Å². The third-order valence-electron chi connectivity index (χ3n) is 2.59. The van der Waals surface area contributed by atoms with Crippen LogP contribution in [0.4, 0.5) is 5.69 Å². The zero-order chi connectivity index (χ0) is 13.5. The van der Waals surface area contributed by atoms with E-state index in [1.165, 1.54) is 0 Å². The molecule has 0 saturated heterocycles. The fourth-order valence-corrected chi connectivity index (χ4v) is 1.54. The Morgan fingerprint density at radius 3 is 2.50 bits per heavy atom. The van der Waals surface area contributed by atoms with Crippen LogP contribution >= 0.6 is 0 Å². The largest absolute Gasteiger partial charge is 0.355 e. The van der Waals surface area contributed by atoms with Crippen molar-refractivity contribution in [1.29, 1.82) is 0 Å². The molecule has 0 aromatic heterocycles. The van der Waals surface area contributed by atoms with E-state index in [1.54, 1.807) is 32.3 Å². The second-order valence-electron chi connectivity index (χ2n) is 4.01. The van der Waals surface area contributed by atoms with E-state index in [0.717, 1.165) is 11.3 Å². The molecule has 0 atom stereocenters. The van der Waals surface area contributed by atoms with E-state index in [4.69, 9.17) is 0 Å². The van der Waals surface area contributed by atoms with E-state index in [2.05, 4.69) is 16.0 Å². The summed E-state index contributed by atoms with van der Waals surface area (Å²) in [5.41, 5.74) is 2.20. The summed E-state index contributed by atoms with van der Waals surface area (Å²) in [4.78, 5) is 23.0. The summed E-state index contributed by atoms with van der Waals surface area (Å²) in [5, 5.41) is 8.30. The predicted molar refractivity (Wildman–Crippen MR) is 71.7 cm³/mol. The first-order valence-electron chi connectivity index (χ1n) is 5.85. The second-order valence-corrected chi connectivity index (χ2v) is 4.01. The van der Waals surface area contributed by atoms with Crippen LogP contribution in [-0.4, -0.2) is 32.5 Å². The molecule has 2 amide bonds. The number of amides is 2. The Balaban J connectivity index is 2.74. The molecule has 0 fully saturated rings. The number of benzene rings is 1. The molecule has 1 aromatic carbocycles. The van der Waals surface area contributed by atoms with Crippen molar-refractivity contribution < 1.29 is 9.59 Å². The van der Waals surface area contributed by atoms with Gasteiger partial charge in [-0.05, 0) is 37.7 Å². The zero-order valence-electron chi connectivity index (χ0n) is 11.0. The van der Waals surface area contributed by atoms with E-state index in [-0.39, 0.29) is 11.8 Å². The molecular formula is C13H19N3O2. The van der Waals surface area contributed by atoms with Crippen LogP contribution in [0, 0.1) is 6.92 Å². The Bertz CT molecular complexity index is 444. The highest BCUT2D eigenvalue weighted by Gasteiger charge is 2.08. The van der Waals surface area contributed by atoms with E-state index >= 15 is 0 Å². The first-order valence-corrected chi connectivity index (χ1v) is 5.85. The fraction of sp³-hybridized carbons (Fsp3) is 0.385. The van der Waals surface area contributed by atoms with Gasteiger partial charge in [-0.15, -0.1) is 0 Å². The summed E-state index contributed by atoms with van der Waals surface area (Å²) in [6.45, 7) is 2.50. The van der Waals surface area contributed by atoms with Gasteiger partial charge >= 0.3 is 0 Å². The normalized spacial score (nSPS) is 9.94. The van der Waals surface area contributed by atoms with Crippen molar-refractivity contribution >= 4 is 17.5 Å². The lowest BCUT2D eigenvalue weighted by molar-refractivity contribution is -0.116. The molecule has 0 aliphatic rings. The molecule has 98 valence electrons. The highest BCUT2D eigenvalue weighted by Crippen LogP contribution is 2.16. The maximum Gasteiger partial charge on any atom is 0.251 e. The Morgan fingerprint density at radius 2 is 1.94 bits per heavy atom. The molecule has 0 bridgehead atoms. The first kappa shape index (κ1) is 14.2. The Morgan fingerprint density at radius 1 is 1.22 bits per heavy atom. The Kier molecular flexibility index (Phi) is 5.32. The summed E-state index contributed by atoms with van der Waals surface area (Å²) in [6, 6.07) is 5.20. The molecular weight excluding hydrogens is 230 g/mol. The van der Waals surface area contributed by atoms with Gasteiger partial charge in [0.05, 0.1) is 0 Å². The van der Waals surface area contributed by atoms with Gasteiger partial charge in [0.2, 0.25) is 5.91 Å². The lowest BCUT2D eigenvalue weighted by atomic mass is 10.1. The molecule has 1 rings (SSSR count). The monoisotopic (exact) mass is 249 g/mol. The topological polar surface area (TPSA) is 70.2 Å². The molecule has 0 unspecified atom stereocenters. The molecule has 0 radical (unpaired) electrons. The van der Waals surface area contributed by atoms with Crippen molar-refractivity contribution in [3.05, 3.63) is 29.3 Å². The minimum atomic E-state index is -0.133. The fourth-order valence-electron chi connectivity index (χ4n) is 1.54. The van der Waals surface area contributed by atoms with Gasteiger partial charge in [0, 0.05) is 31.3 Å². The standard InChI is InChI=1S/C13H19N3O2/c1-9-8-10(13(18)15-3)4-5-11(9)16-12(17)6-7-14-2/h4-5,8,14H,6-7H2,1-3H3,(H,15,18)(H,16,17). The van der Waals surface area contributed by atoms with Crippen molar-refractivity contribution in [2.45, 2.75) is 13.3 Å². The quantitative estimate of drug-likeness (QED) is 0.726. The van der Waals surface area contributed by atoms with Crippen molar-refractivity contribution in [2.24, 2.45) is 0 Å². The average molecular weight is 249 g/mol. The third-order valence-corrected chi connectivity index (χ3v) is 2.59. The molecule has 5 nitrogen and oxygen atoms in total. The highest BCUT2D eigenvalue weighted by atomic mass is 16.2. The number of rotatable bonds is 5. The summed E-state index contributed by atoms with van der Waals surface area (Å²) >= 11 is 0. The van der Waals surface area contributed by atoms with Crippen LogP contribution in [0.25, 0.3) is 0 Å². The minimum Gasteiger partial charge on any atom is -0.355 e. The number of hydrogen-bond acceptors (Lipinski definition) is 3. The molecule has 5 heteroatoms. The molecule has 0 spiro atoms. The van der Waals surface area contributed by atoms with Gasteiger partial charge in [0.25, 0.3) is 5.91 Å². The summed E-state index contributed by atoms with van der Waals surface area (Å²) in [5.74, 6) is -0.175. The number of carbonyl (C=O) groups excluding carboxylic acids is 2. The van der Waals surface area contributed by atoms with Crippen LogP contribution in [0.15, 0.2) is 18.2 Å². The van der Waals surface area contributed by atoms with E-state index in [9.17, 15) is 9.59 Å². The van der Waals surface area contributed by atoms with Crippen LogP contribution in [0.2, 0.25) is 0 Å². The van der Waals surface area contributed by atoms with E-state index in [1.807, 2.05) is 6.92 Å². The van der Waals surface area contributed by atoms with Gasteiger partial charge in [0.1, 0.15) is 0 Å². The highest BCUT2D eigenvalue weighted by molar-refractivity contribution is 5.96. The first-order chi connectivity index (χ1) is 8.58. The van der Waals surface area contributed by atoms with Gasteiger partial charge in [-0.1, -0.05) is 0 Å². The molecule has 0 aliphatic carbocycles. The second kappa shape index (κ2) is 6.76. The SMILES string of the molecule is CNCCC(=O)Nc1ccc(C(=O)NC)cc1C. The van der Waals surface area contributed by atoms with E-state index < -0.39 is 0 Å². The van der Waals surface area contributed by atoms with Crippen LogP contribution in [0.3, 0.4) is 0 Å². The molecule has 0 heterocycles. The molecule has 0 saturated carbocycles. The van der Waals surface area contributed by atoms with E-state index in [0.29, 0.717) is 18.5 Å². The van der Waals surface area contributed by atoms with Crippen molar-refractivity contribution in [3.8, 4) is 0 Å². The van der Waals surface area contributed by atoms with Crippen molar-refractivity contribution in [2.75, 3.05) is 26.0 Å². The molecule has 1 aromatic rings. The third kappa shape index (κ3) is 3.85. The maximum atomic E-state index is 11.6. The van der Waals surface area contributed by atoms with Crippen LogP contribution in [-0.2, 0) is 4.79 Å². The molecule has 3 N–H and O–H groups in total. The summed E-state index contributed by atoms with van der Waals surface area (Å²) < 4.78 is 0. The smallest absolute Gasteiger partial charge is 0.251 e. The van der Waals surface area contributed by atoms with Crippen LogP contribution in [0.1, 0.15) is 22.3 Å². The van der Waals surface area contributed by atoms with Crippen LogP contribution in [0.5, 0.6) is 0 Å². The number of carbonyl (C=O) groups is 2. The lowest BCUT2D eigenvalue weighted by Gasteiger charge is -2.09. The summed E-state index contributed by atoms with van der Waals surface area (Å²) in [7, 11) is 3.39. The molecule has 0 aliphatic heterocycles. The average Bonchev–Trinajstić information content (AvgIpc) is 2.37. The summed E-state index contributed by atoms with van der Waals surface area (Å²) in [6.07, 6.45) is 0.424. The van der Waals surface area contributed by atoms with Gasteiger partial charge < -0.3 is 16.0 Å². The van der Waals surface area contributed by atoms with Crippen molar-refractivity contribution in [3.63, 3.8) is 0 Å². The number of anilines is 1. The van der Waals surface area contributed by atoms with Gasteiger partial charge in [-0.3, -0.25) is 9.59 Å². The van der Waals surface area contributed by atoms with Crippen LogP contribution < -0.4 is 16.0 Å². The zero-order valence-corrected chi connectivity index (χ0v) is 11.0. The predicted octanol–water partition coefficient (Wildman–Crippen LogP) is 0.903. The number of hydrogen-bond donors (Lipinski definition) is 3. The minimum absolute atomic E-state index is 0.0415. The number of aryl methyl sites for hydroxylation is 1. The van der Waals surface area contributed by atoms with Gasteiger partial charge in [0.15, 0.2) is 0 Å². The number of nitrogens with one attached hydrogen (secondary N) is 3. The maximum absolute atomic E-state index is 11.6. The van der Waals surface area contributed by atoms with Gasteiger partial charge in [-0.25, -0.2) is 0 Å². The Hall–Kier alpha value is -1.88. The molecule has 18 heavy (non-hydrogen) atoms.